The van der Waals surface area contributed by atoms with Gasteiger partial charge in [-0.05, 0) is 51.8 Å². The van der Waals surface area contributed by atoms with Crippen LogP contribution in [0.2, 0.25) is 0 Å². The van der Waals surface area contributed by atoms with E-state index in [2.05, 4.69) is 5.32 Å². The standard InChI is InChI=1S/C17H27N3O3S.ClH/c1-13-7-4-5-10-20(13)24(22,23)15-9-6-8-14(11-15)16(21)19-17(2,3)12-18;/h6,8-9,11,13H,4-5,7,10,12,18H2,1-3H3,(H,19,21);1H. The van der Waals surface area contributed by atoms with Crippen molar-refractivity contribution in [1.82, 2.24) is 9.62 Å². The zero-order valence-corrected chi connectivity index (χ0v) is 16.6. The first-order chi connectivity index (χ1) is 11.2. The Morgan fingerprint density at radius 3 is 2.64 bits per heavy atom. The van der Waals surface area contributed by atoms with Gasteiger partial charge in [0, 0.05) is 30.2 Å². The van der Waals surface area contributed by atoms with Crippen molar-refractivity contribution in [3.63, 3.8) is 0 Å². The number of halogens is 1. The smallest absolute Gasteiger partial charge is 0.251 e. The number of amides is 1. The van der Waals surface area contributed by atoms with Crippen molar-refractivity contribution < 1.29 is 13.2 Å². The summed E-state index contributed by atoms with van der Waals surface area (Å²) < 4.78 is 27.3. The van der Waals surface area contributed by atoms with Gasteiger partial charge in [-0.15, -0.1) is 12.4 Å². The largest absolute Gasteiger partial charge is 0.346 e. The molecule has 1 aromatic rings. The van der Waals surface area contributed by atoms with Crippen molar-refractivity contribution in [3.05, 3.63) is 29.8 Å². The lowest BCUT2D eigenvalue weighted by Gasteiger charge is -2.32. The second-order valence-corrected chi connectivity index (χ2v) is 8.92. The third kappa shape index (κ3) is 5.17. The maximum atomic E-state index is 12.9. The summed E-state index contributed by atoms with van der Waals surface area (Å²) >= 11 is 0. The Hall–Kier alpha value is -1.15. The number of carbonyl (C=O) groups is 1. The topological polar surface area (TPSA) is 92.5 Å². The molecule has 0 aliphatic carbocycles. The fraction of sp³-hybridized carbons (Fsp3) is 0.588. The van der Waals surface area contributed by atoms with Gasteiger partial charge in [0.05, 0.1) is 4.90 Å². The quantitative estimate of drug-likeness (QED) is 0.806. The summed E-state index contributed by atoms with van der Waals surface area (Å²) in [6, 6.07) is 6.18. The van der Waals surface area contributed by atoms with Crippen LogP contribution in [0.1, 0.15) is 50.4 Å². The summed E-state index contributed by atoms with van der Waals surface area (Å²) in [6.45, 7) is 6.39. The van der Waals surface area contributed by atoms with E-state index in [4.69, 9.17) is 5.73 Å². The molecule has 1 atom stereocenters. The number of piperidine rings is 1. The van der Waals surface area contributed by atoms with Gasteiger partial charge >= 0.3 is 0 Å². The Bertz CT molecular complexity index is 707. The van der Waals surface area contributed by atoms with Crippen molar-refractivity contribution >= 4 is 28.3 Å². The molecule has 0 saturated carbocycles. The van der Waals surface area contributed by atoms with Crippen molar-refractivity contribution in [2.75, 3.05) is 13.1 Å². The van der Waals surface area contributed by atoms with E-state index in [9.17, 15) is 13.2 Å². The van der Waals surface area contributed by atoms with Crippen LogP contribution in [0.25, 0.3) is 0 Å². The lowest BCUT2D eigenvalue weighted by Crippen LogP contribution is -2.48. The molecule has 1 unspecified atom stereocenters. The molecule has 0 bridgehead atoms. The highest BCUT2D eigenvalue weighted by Gasteiger charge is 2.31. The molecular weight excluding hydrogens is 362 g/mol. The zero-order valence-electron chi connectivity index (χ0n) is 15.0. The van der Waals surface area contributed by atoms with Gasteiger partial charge in [-0.2, -0.15) is 4.31 Å². The number of nitrogens with two attached hydrogens (primary N) is 1. The number of nitrogens with zero attached hydrogens (tertiary/aromatic N) is 1. The summed E-state index contributed by atoms with van der Waals surface area (Å²) in [5, 5.41) is 2.82. The van der Waals surface area contributed by atoms with Crippen molar-refractivity contribution in [3.8, 4) is 0 Å². The van der Waals surface area contributed by atoms with Gasteiger partial charge in [0.15, 0.2) is 0 Å². The highest BCUT2D eigenvalue weighted by molar-refractivity contribution is 7.89. The van der Waals surface area contributed by atoms with Gasteiger partial charge in [0.1, 0.15) is 0 Å². The lowest BCUT2D eigenvalue weighted by molar-refractivity contribution is 0.0915. The Morgan fingerprint density at radius 1 is 1.36 bits per heavy atom. The van der Waals surface area contributed by atoms with Gasteiger partial charge in [-0.1, -0.05) is 12.5 Å². The zero-order chi connectivity index (χ0) is 18.0. The highest BCUT2D eigenvalue weighted by atomic mass is 35.5. The summed E-state index contributed by atoms with van der Waals surface area (Å²) in [4.78, 5) is 12.5. The maximum Gasteiger partial charge on any atom is 0.251 e. The van der Waals surface area contributed by atoms with Crippen molar-refractivity contribution in [2.24, 2.45) is 5.73 Å². The molecular formula is C17H28ClN3O3S. The van der Waals surface area contributed by atoms with Crippen molar-refractivity contribution in [2.45, 2.75) is 56.5 Å². The van der Waals surface area contributed by atoms with Crippen LogP contribution in [0.3, 0.4) is 0 Å². The van der Waals surface area contributed by atoms with E-state index in [1.165, 1.54) is 10.4 Å². The van der Waals surface area contributed by atoms with Gasteiger partial charge < -0.3 is 11.1 Å². The van der Waals surface area contributed by atoms with Crippen LogP contribution in [-0.2, 0) is 10.0 Å². The predicted octanol–water partition coefficient (Wildman–Crippen LogP) is 2.14. The normalized spacial score (nSPS) is 19.1. The van der Waals surface area contributed by atoms with E-state index in [-0.39, 0.29) is 29.3 Å². The SMILES string of the molecule is CC1CCCCN1S(=O)(=O)c1cccc(C(=O)NC(C)(C)CN)c1.Cl. The summed E-state index contributed by atoms with van der Waals surface area (Å²) in [5.41, 5.74) is 5.40. The van der Waals surface area contributed by atoms with Crippen LogP contribution in [0.5, 0.6) is 0 Å². The van der Waals surface area contributed by atoms with Gasteiger partial charge in [-0.25, -0.2) is 8.42 Å². The molecule has 2 rings (SSSR count). The van der Waals surface area contributed by atoms with E-state index >= 15 is 0 Å². The van der Waals surface area contributed by atoms with Gasteiger partial charge in [-0.3, -0.25) is 4.79 Å². The van der Waals surface area contributed by atoms with Crippen LogP contribution in [0.15, 0.2) is 29.2 Å². The monoisotopic (exact) mass is 389 g/mol. The Balaban J connectivity index is 0.00000312. The maximum absolute atomic E-state index is 12.9. The fourth-order valence-electron chi connectivity index (χ4n) is 2.79. The molecule has 1 aromatic carbocycles. The molecule has 1 heterocycles. The van der Waals surface area contributed by atoms with Crippen LogP contribution < -0.4 is 11.1 Å². The first-order valence-corrected chi connectivity index (χ1v) is 9.76. The molecule has 25 heavy (non-hydrogen) atoms. The fourth-order valence-corrected chi connectivity index (χ4v) is 4.54. The summed E-state index contributed by atoms with van der Waals surface area (Å²) in [7, 11) is -3.59. The molecule has 0 spiro atoms. The average Bonchev–Trinajstić information content (AvgIpc) is 2.55. The van der Waals surface area contributed by atoms with E-state index in [1.54, 1.807) is 18.2 Å². The minimum Gasteiger partial charge on any atom is -0.346 e. The van der Waals surface area contributed by atoms with Gasteiger partial charge in [0.25, 0.3) is 5.91 Å². The lowest BCUT2D eigenvalue weighted by atomic mass is 10.1. The molecule has 1 aliphatic rings. The number of hydrogen-bond acceptors (Lipinski definition) is 4. The average molecular weight is 390 g/mol. The molecule has 1 saturated heterocycles. The molecule has 1 aliphatic heterocycles. The van der Waals surface area contributed by atoms with Crippen molar-refractivity contribution in [1.29, 1.82) is 0 Å². The minimum atomic E-state index is -3.59. The number of nitrogens with one attached hydrogen (secondary N) is 1. The van der Waals surface area contributed by atoms with Gasteiger partial charge in [0.2, 0.25) is 10.0 Å². The summed E-state index contributed by atoms with van der Waals surface area (Å²) in [5.74, 6) is -0.325. The third-order valence-electron chi connectivity index (χ3n) is 4.41. The van der Waals surface area contributed by atoms with E-state index in [0.717, 1.165) is 19.3 Å². The molecule has 1 amide bonds. The number of hydrogen-bond donors (Lipinski definition) is 2. The number of carbonyl (C=O) groups excluding carboxylic acids is 1. The number of rotatable bonds is 5. The Labute approximate surface area is 156 Å². The number of sulfonamides is 1. The summed E-state index contributed by atoms with van der Waals surface area (Å²) in [6.07, 6.45) is 2.78. The molecule has 8 heteroatoms. The molecule has 142 valence electrons. The second-order valence-electron chi connectivity index (χ2n) is 7.03. The Morgan fingerprint density at radius 2 is 2.04 bits per heavy atom. The van der Waals surface area contributed by atoms with Crippen LogP contribution >= 0.6 is 12.4 Å². The molecule has 3 N–H and O–H groups in total. The molecule has 0 aromatic heterocycles. The van der Waals surface area contributed by atoms with E-state index in [0.29, 0.717) is 18.7 Å². The first-order valence-electron chi connectivity index (χ1n) is 8.32. The third-order valence-corrected chi connectivity index (χ3v) is 6.42. The molecule has 1 fully saturated rings. The van der Waals surface area contributed by atoms with E-state index < -0.39 is 15.6 Å². The van der Waals surface area contributed by atoms with E-state index in [1.807, 2.05) is 20.8 Å². The van der Waals surface area contributed by atoms with Crippen LogP contribution in [0, 0.1) is 0 Å². The van der Waals surface area contributed by atoms with Crippen LogP contribution in [0.4, 0.5) is 0 Å². The first kappa shape index (κ1) is 21.9. The second kappa shape index (κ2) is 8.49. The highest BCUT2D eigenvalue weighted by Crippen LogP contribution is 2.25. The Kier molecular flexibility index (Phi) is 7.43. The number of benzene rings is 1. The predicted molar refractivity (Wildman–Crippen MR) is 101 cm³/mol. The van der Waals surface area contributed by atoms with Crippen LogP contribution in [-0.4, -0.2) is 43.3 Å². The molecule has 0 radical (unpaired) electrons. The minimum absolute atomic E-state index is 0. The molecule has 6 nitrogen and oxygen atoms in total.